The van der Waals surface area contributed by atoms with Crippen LogP contribution in [0, 0.1) is 0 Å². The smallest absolute Gasteiger partial charge is 0.0785 e. The van der Waals surface area contributed by atoms with Crippen LogP contribution in [0.1, 0.15) is 38.3 Å². The molecule has 17 heavy (non-hydrogen) atoms. The number of hydrogen-bond acceptors (Lipinski definition) is 2. The van der Waals surface area contributed by atoms with Crippen LogP contribution in [0.4, 0.5) is 0 Å². The zero-order chi connectivity index (χ0) is 12.5. The highest BCUT2D eigenvalue weighted by atomic mass is 32.2. The van der Waals surface area contributed by atoms with Crippen molar-refractivity contribution in [2.75, 3.05) is 11.5 Å². The molecular formula is C15H22OS. The molecule has 1 aliphatic rings. The maximum absolute atomic E-state index is 10.4. The largest absolute Gasteiger partial charge is 0.389 e. The highest BCUT2D eigenvalue weighted by Gasteiger charge is 2.31. The summed E-state index contributed by atoms with van der Waals surface area (Å²) in [6, 6.07) is 8.73. The lowest BCUT2D eigenvalue weighted by atomic mass is 9.85. The molecular weight excluding hydrogens is 228 g/mol. The van der Waals surface area contributed by atoms with Gasteiger partial charge in [-0.05, 0) is 28.7 Å². The standard InChI is InChI=1S/C15H22OS/c1-14(2,3)13-6-4-12(5-7-13)10-15(16)8-9-17-11-15/h4-7,16H,8-11H2,1-3H3. The average molecular weight is 250 g/mol. The Hall–Kier alpha value is -0.470. The fourth-order valence-electron chi connectivity index (χ4n) is 2.24. The van der Waals surface area contributed by atoms with Crippen LogP contribution < -0.4 is 0 Å². The minimum absolute atomic E-state index is 0.207. The van der Waals surface area contributed by atoms with Crippen LogP contribution in [0.3, 0.4) is 0 Å². The van der Waals surface area contributed by atoms with E-state index in [9.17, 15) is 5.11 Å². The molecule has 1 fully saturated rings. The van der Waals surface area contributed by atoms with Crippen LogP contribution in [0.2, 0.25) is 0 Å². The summed E-state index contributed by atoms with van der Waals surface area (Å²) in [5, 5.41) is 10.4. The van der Waals surface area contributed by atoms with E-state index in [4.69, 9.17) is 0 Å². The average Bonchev–Trinajstić information content (AvgIpc) is 2.64. The third kappa shape index (κ3) is 3.26. The normalized spacial score (nSPS) is 25.2. The fraction of sp³-hybridized carbons (Fsp3) is 0.600. The van der Waals surface area contributed by atoms with Gasteiger partial charge in [-0.3, -0.25) is 0 Å². The van der Waals surface area contributed by atoms with E-state index >= 15 is 0 Å². The van der Waals surface area contributed by atoms with E-state index < -0.39 is 5.60 Å². The third-order valence-corrected chi connectivity index (χ3v) is 4.67. The Bertz CT molecular complexity index is 369. The summed E-state index contributed by atoms with van der Waals surface area (Å²) in [6.07, 6.45) is 1.73. The molecule has 0 radical (unpaired) electrons. The van der Waals surface area contributed by atoms with E-state index in [1.807, 2.05) is 11.8 Å². The van der Waals surface area contributed by atoms with Gasteiger partial charge in [0, 0.05) is 12.2 Å². The monoisotopic (exact) mass is 250 g/mol. The van der Waals surface area contributed by atoms with Gasteiger partial charge in [-0.15, -0.1) is 0 Å². The van der Waals surface area contributed by atoms with Gasteiger partial charge in [-0.2, -0.15) is 11.8 Å². The van der Waals surface area contributed by atoms with Gasteiger partial charge in [-0.25, -0.2) is 0 Å². The molecule has 1 heterocycles. The molecule has 2 rings (SSSR count). The highest BCUT2D eigenvalue weighted by Crippen LogP contribution is 2.31. The lowest BCUT2D eigenvalue weighted by Crippen LogP contribution is -2.30. The molecule has 0 spiro atoms. The van der Waals surface area contributed by atoms with E-state index in [-0.39, 0.29) is 5.41 Å². The number of rotatable bonds is 2. The molecule has 94 valence electrons. The first-order valence-electron chi connectivity index (χ1n) is 6.29. The van der Waals surface area contributed by atoms with Crippen molar-refractivity contribution in [3.8, 4) is 0 Å². The third-order valence-electron chi connectivity index (χ3n) is 3.44. The number of thioether (sulfide) groups is 1. The lowest BCUT2D eigenvalue weighted by molar-refractivity contribution is 0.0686. The predicted molar refractivity (Wildman–Crippen MR) is 75.7 cm³/mol. The van der Waals surface area contributed by atoms with Crippen LogP contribution >= 0.6 is 11.8 Å². The van der Waals surface area contributed by atoms with E-state index in [0.29, 0.717) is 0 Å². The summed E-state index contributed by atoms with van der Waals surface area (Å²) in [5.41, 5.74) is 2.35. The molecule has 1 N–H and O–H groups in total. The van der Waals surface area contributed by atoms with Gasteiger partial charge in [0.2, 0.25) is 0 Å². The fourth-order valence-corrected chi connectivity index (χ4v) is 3.53. The number of aliphatic hydroxyl groups is 1. The van der Waals surface area contributed by atoms with E-state index in [1.54, 1.807) is 0 Å². The van der Waals surface area contributed by atoms with Crippen molar-refractivity contribution in [3.63, 3.8) is 0 Å². The molecule has 1 aliphatic heterocycles. The Morgan fingerprint density at radius 1 is 1.24 bits per heavy atom. The highest BCUT2D eigenvalue weighted by molar-refractivity contribution is 7.99. The van der Waals surface area contributed by atoms with Crippen molar-refractivity contribution < 1.29 is 5.11 Å². The van der Waals surface area contributed by atoms with Crippen molar-refractivity contribution in [2.24, 2.45) is 0 Å². The molecule has 1 atom stereocenters. The Balaban J connectivity index is 2.08. The van der Waals surface area contributed by atoms with Gasteiger partial charge >= 0.3 is 0 Å². The summed E-state index contributed by atoms with van der Waals surface area (Å²) in [6.45, 7) is 6.68. The van der Waals surface area contributed by atoms with Crippen LogP contribution in [-0.2, 0) is 11.8 Å². The van der Waals surface area contributed by atoms with Crippen LogP contribution in [0.15, 0.2) is 24.3 Å². The SMILES string of the molecule is CC(C)(C)c1ccc(CC2(O)CCSC2)cc1. The first-order chi connectivity index (χ1) is 7.89. The lowest BCUT2D eigenvalue weighted by Gasteiger charge is -2.23. The molecule has 1 aromatic rings. The summed E-state index contributed by atoms with van der Waals surface area (Å²) < 4.78 is 0. The second kappa shape index (κ2) is 4.66. The van der Waals surface area contributed by atoms with Crippen molar-refractivity contribution in [1.29, 1.82) is 0 Å². The number of hydrogen-bond donors (Lipinski definition) is 1. The van der Waals surface area contributed by atoms with Crippen LogP contribution in [0.25, 0.3) is 0 Å². The summed E-state index contributed by atoms with van der Waals surface area (Å²) in [5.74, 6) is 1.98. The first-order valence-corrected chi connectivity index (χ1v) is 7.44. The molecule has 0 amide bonds. The second-order valence-corrected chi connectivity index (χ2v) is 7.26. The van der Waals surface area contributed by atoms with E-state index in [1.165, 1.54) is 11.1 Å². The second-order valence-electron chi connectivity index (χ2n) is 6.15. The van der Waals surface area contributed by atoms with E-state index in [2.05, 4.69) is 45.0 Å². The molecule has 2 heteroatoms. The molecule has 0 aliphatic carbocycles. The van der Waals surface area contributed by atoms with Crippen molar-refractivity contribution in [3.05, 3.63) is 35.4 Å². The molecule has 0 aromatic heterocycles. The minimum Gasteiger partial charge on any atom is -0.389 e. The zero-order valence-corrected chi connectivity index (χ0v) is 11.8. The van der Waals surface area contributed by atoms with Crippen LogP contribution in [-0.4, -0.2) is 22.2 Å². The molecule has 1 aromatic carbocycles. The van der Waals surface area contributed by atoms with Crippen molar-refractivity contribution >= 4 is 11.8 Å². The maximum atomic E-state index is 10.4. The van der Waals surface area contributed by atoms with Gasteiger partial charge in [0.15, 0.2) is 0 Å². The van der Waals surface area contributed by atoms with Crippen LogP contribution in [0.5, 0.6) is 0 Å². The van der Waals surface area contributed by atoms with Gasteiger partial charge in [0.25, 0.3) is 0 Å². The summed E-state index contributed by atoms with van der Waals surface area (Å²) in [4.78, 5) is 0. The minimum atomic E-state index is -0.464. The van der Waals surface area contributed by atoms with Gasteiger partial charge in [-0.1, -0.05) is 45.0 Å². The summed E-state index contributed by atoms with van der Waals surface area (Å²) in [7, 11) is 0. The Morgan fingerprint density at radius 2 is 1.88 bits per heavy atom. The Kier molecular flexibility index (Phi) is 3.55. The summed E-state index contributed by atoms with van der Waals surface area (Å²) >= 11 is 1.86. The topological polar surface area (TPSA) is 20.2 Å². The molecule has 1 saturated heterocycles. The van der Waals surface area contributed by atoms with Gasteiger partial charge < -0.3 is 5.11 Å². The Labute approximate surface area is 109 Å². The first kappa shape index (κ1) is 13.0. The molecule has 0 bridgehead atoms. The zero-order valence-electron chi connectivity index (χ0n) is 11.0. The maximum Gasteiger partial charge on any atom is 0.0785 e. The van der Waals surface area contributed by atoms with E-state index in [0.717, 1.165) is 24.3 Å². The van der Waals surface area contributed by atoms with Gasteiger partial charge in [0.05, 0.1) is 5.60 Å². The quantitative estimate of drug-likeness (QED) is 0.868. The van der Waals surface area contributed by atoms with Crippen molar-refractivity contribution in [1.82, 2.24) is 0 Å². The van der Waals surface area contributed by atoms with Crippen molar-refractivity contribution in [2.45, 2.75) is 44.6 Å². The van der Waals surface area contributed by atoms with Gasteiger partial charge in [0.1, 0.15) is 0 Å². The number of benzene rings is 1. The Morgan fingerprint density at radius 3 is 2.35 bits per heavy atom. The molecule has 0 saturated carbocycles. The molecule has 1 unspecified atom stereocenters. The predicted octanol–water partition coefficient (Wildman–Crippen LogP) is 3.39. The molecule has 1 nitrogen and oxygen atoms in total.